The number of benzene rings is 1. The van der Waals surface area contributed by atoms with Gasteiger partial charge in [0.2, 0.25) is 15.9 Å². The van der Waals surface area contributed by atoms with Crippen LogP contribution in [0.1, 0.15) is 19.3 Å². The summed E-state index contributed by atoms with van der Waals surface area (Å²) in [5.74, 6) is -3.58. The van der Waals surface area contributed by atoms with Crippen LogP contribution >= 0.6 is 0 Å². The van der Waals surface area contributed by atoms with Crippen molar-refractivity contribution < 1.29 is 31.9 Å². The van der Waals surface area contributed by atoms with Crippen LogP contribution in [0, 0.1) is 17.6 Å². The zero-order valence-electron chi connectivity index (χ0n) is 14.2. The largest absolute Gasteiger partial charge is 0.481 e. The number of carbonyl (C=O) groups is 2. The van der Waals surface area contributed by atoms with Crippen LogP contribution in [-0.4, -0.2) is 61.3 Å². The lowest BCUT2D eigenvalue weighted by molar-refractivity contribution is -0.139. The molecule has 1 saturated heterocycles. The van der Waals surface area contributed by atoms with E-state index in [1.54, 1.807) is 0 Å². The quantitative estimate of drug-likeness (QED) is 0.790. The minimum absolute atomic E-state index is 0.00145. The second kappa shape index (κ2) is 8.09. The summed E-state index contributed by atoms with van der Waals surface area (Å²) in [5, 5.41) is 8.66. The minimum Gasteiger partial charge on any atom is -0.481 e. The molecule has 0 spiro atoms. The van der Waals surface area contributed by atoms with Gasteiger partial charge in [0.15, 0.2) is 0 Å². The molecule has 1 heterocycles. The fourth-order valence-electron chi connectivity index (χ4n) is 2.84. The summed E-state index contributed by atoms with van der Waals surface area (Å²) in [6.45, 7) is 0.0735. The van der Waals surface area contributed by atoms with Gasteiger partial charge in [0.05, 0.1) is 6.42 Å². The van der Waals surface area contributed by atoms with E-state index in [9.17, 15) is 26.8 Å². The lowest BCUT2D eigenvalue weighted by Gasteiger charge is -2.32. The third-order valence-electron chi connectivity index (χ3n) is 4.35. The Hall–Kier alpha value is -2.07. The Bertz CT molecular complexity index is 792. The van der Waals surface area contributed by atoms with Gasteiger partial charge in [-0.2, -0.15) is 4.31 Å². The van der Waals surface area contributed by atoms with Crippen molar-refractivity contribution in [3.8, 4) is 0 Å². The number of carboxylic acid groups (broad SMARTS) is 1. The van der Waals surface area contributed by atoms with E-state index in [1.807, 2.05) is 0 Å². The van der Waals surface area contributed by atoms with Crippen molar-refractivity contribution in [2.75, 3.05) is 26.7 Å². The van der Waals surface area contributed by atoms with Gasteiger partial charge in [-0.3, -0.25) is 9.59 Å². The number of hydrogen-bond acceptors (Lipinski definition) is 4. The van der Waals surface area contributed by atoms with Crippen LogP contribution in [0.4, 0.5) is 8.78 Å². The maximum atomic E-state index is 13.8. The third kappa shape index (κ3) is 4.55. The zero-order chi connectivity index (χ0) is 19.5. The number of aliphatic carboxylic acids is 1. The van der Waals surface area contributed by atoms with E-state index in [-0.39, 0.29) is 44.8 Å². The molecule has 1 N–H and O–H groups in total. The van der Waals surface area contributed by atoms with Crippen LogP contribution in [0.5, 0.6) is 0 Å². The smallest absolute Gasteiger partial charge is 0.305 e. The SMILES string of the molecule is CN(CCC(=O)O)C(=O)C1CCN(S(=O)(=O)c2cc(F)ccc2F)CC1. The van der Waals surface area contributed by atoms with E-state index in [1.165, 1.54) is 11.9 Å². The molecule has 10 heteroatoms. The second-order valence-electron chi connectivity index (χ2n) is 6.16. The molecule has 0 saturated carbocycles. The lowest BCUT2D eigenvalue weighted by atomic mass is 9.96. The van der Waals surface area contributed by atoms with Crippen LogP contribution in [0.3, 0.4) is 0 Å². The Balaban J connectivity index is 2.02. The van der Waals surface area contributed by atoms with Gasteiger partial charge in [-0.15, -0.1) is 0 Å². The first-order valence-corrected chi connectivity index (χ1v) is 9.49. The van der Waals surface area contributed by atoms with Crippen LogP contribution in [0.25, 0.3) is 0 Å². The molecular formula is C16H20F2N2O5S. The molecule has 0 atom stereocenters. The van der Waals surface area contributed by atoms with Gasteiger partial charge < -0.3 is 10.0 Å². The Kier molecular flexibility index (Phi) is 6.30. The second-order valence-corrected chi connectivity index (χ2v) is 8.06. The summed E-state index contributed by atoms with van der Waals surface area (Å²) < 4.78 is 53.1. The highest BCUT2D eigenvalue weighted by Gasteiger charge is 2.34. The number of carbonyl (C=O) groups excluding carboxylic acids is 1. The monoisotopic (exact) mass is 390 g/mol. The zero-order valence-corrected chi connectivity index (χ0v) is 15.0. The number of amides is 1. The number of nitrogens with zero attached hydrogens (tertiary/aromatic N) is 2. The van der Waals surface area contributed by atoms with Crippen molar-refractivity contribution in [1.82, 2.24) is 9.21 Å². The third-order valence-corrected chi connectivity index (χ3v) is 6.27. The van der Waals surface area contributed by atoms with Crippen molar-refractivity contribution in [2.45, 2.75) is 24.2 Å². The van der Waals surface area contributed by atoms with E-state index in [0.717, 1.165) is 16.4 Å². The molecule has 7 nitrogen and oxygen atoms in total. The van der Waals surface area contributed by atoms with Crippen molar-refractivity contribution in [1.29, 1.82) is 0 Å². The Morgan fingerprint density at radius 2 is 1.88 bits per heavy atom. The summed E-state index contributed by atoms with van der Waals surface area (Å²) in [6, 6.07) is 2.24. The van der Waals surface area contributed by atoms with Gasteiger partial charge in [0, 0.05) is 32.6 Å². The maximum absolute atomic E-state index is 13.8. The van der Waals surface area contributed by atoms with Gasteiger partial charge in [-0.25, -0.2) is 17.2 Å². The summed E-state index contributed by atoms with van der Waals surface area (Å²) in [6.07, 6.45) is 0.285. The predicted octanol–water partition coefficient (Wildman–Crippen LogP) is 1.30. The Labute approximate surface area is 150 Å². The van der Waals surface area contributed by atoms with E-state index < -0.39 is 38.4 Å². The molecule has 1 aliphatic rings. The van der Waals surface area contributed by atoms with Gasteiger partial charge in [-0.1, -0.05) is 0 Å². The molecule has 1 aromatic rings. The van der Waals surface area contributed by atoms with Crippen molar-refractivity contribution in [3.05, 3.63) is 29.8 Å². The fourth-order valence-corrected chi connectivity index (χ4v) is 4.39. The number of carboxylic acids is 1. The average Bonchev–Trinajstić information content (AvgIpc) is 2.61. The molecule has 0 bridgehead atoms. The van der Waals surface area contributed by atoms with Crippen LogP contribution in [0.15, 0.2) is 23.1 Å². The highest BCUT2D eigenvalue weighted by molar-refractivity contribution is 7.89. The molecule has 0 aliphatic carbocycles. The number of rotatable bonds is 6. The molecule has 26 heavy (non-hydrogen) atoms. The number of piperidine rings is 1. The van der Waals surface area contributed by atoms with Crippen LogP contribution in [0.2, 0.25) is 0 Å². The minimum atomic E-state index is -4.19. The molecule has 0 radical (unpaired) electrons. The van der Waals surface area contributed by atoms with Crippen molar-refractivity contribution in [3.63, 3.8) is 0 Å². The van der Waals surface area contributed by atoms with E-state index in [2.05, 4.69) is 0 Å². The number of sulfonamides is 1. The molecule has 2 rings (SSSR count). The number of hydrogen-bond donors (Lipinski definition) is 1. The first kappa shape index (κ1) is 20.2. The average molecular weight is 390 g/mol. The predicted molar refractivity (Wildman–Crippen MR) is 87.7 cm³/mol. The highest BCUT2D eigenvalue weighted by atomic mass is 32.2. The Morgan fingerprint density at radius 3 is 2.46 bits per heavy atom. The summed E-state index contributed by atoms with van der Waals surface area (Å²) in [4.78, 5) is 23.5. The van der Waals surface area contributed by atoms with Crippen molar-refractivity contribution >= 4 is 21.9 Å². The Morgan fingerprint density at radius 1 is 1.27 bits per heavy atom. The normalized spacial score (nSPS) is 16.4. The molecular weight excluding hydrogens is 370 g/mol. The van der Waals surface area contributed by atoms with Crippen LogP contribution < -0.4 is 0 Å². The van der Waals surface area contributed by atoms with Gasteiger partial charge >= 0.3 is 5.97 Å². The van der Waals surface area contributed by atoms with Crippen molar-refractivity contribution in [2.24, 2.45) is 5.92 Å². The molecule has 1 aliphatic heterocycles. The molecule has 144 valence electrons. The first-order chi connectivity index (χ1) is 12.1. The summed E-state index contributed by atoms with van der Waals surface area (Å²) in [7, 11) is -2.69. The van der Waals surface area contributed by atoms with Gasteiger partial charge in [0.1, 0.15) is 16.5 Å². The standard InChI is InChI=1S/C16H20F2N2O5S/c1-19(7-6-15(21)22)16(23)11-4-8-20(9-5-11)26(24,25)14-10-12(17)2-3-13(14)18/h2-3,10-11H,4-9H2,1H3,(H,21,22). The van der Waals surface area contributed by atoms with Gasteiger partial charge in [-0.05, 0) is 31.0 Å². The van der Waals surface area contributed by atoms with Gasteiger partial charge in [0.25, 0.3) is 0 Å². The topological polar surface area (TPSA) is 95.0 Å². The fraction of sp³-hybridized carbons (Fsp3) is 0.500. The molecule has 0 unspecified atom stereocenters. The first-order valence-electron chi connectivity index (χ1n) is 8.05. The van der Waals surface area contributed by atoms with E-state index >= 15 is 0 Å². The van der Waals surface area contributed by atoms with E-state index in [4.69, 9.17) is 5.11 Å². The van der Waals surface area contributed by atoms with E-state index in [0.29, 0.717) is 6.07 Å². The molecule has 1 amide bonds. The summed E-state index contributed by atoms with van der Waals surface area (Å²) in [5.41, 5.74) is 0. The maximum Gasteiger partial charge on any atom is 0.305 e. The van der Waals surface area contributed by atoms with Crippen LogP contribution in [-0.2, 0) is 19.6 Å². The number of halogens is 2. The lowest BCUT2D eigenvalue weighted by Crippen LogP contribution is -2.44. The molecule has 1 aromatic carbocycles. The molecule has 1 fully saturated rings. The molecule has 0 aromatic heterocycles. The summed E-state index contributed by atoms with van der Waals surface area (Å²) >= 11 is 0. The highest BCUT2D eigenvalue weighted by Crippen LogP contribution is 2.26.